The van der Waals surface area contributed by atoms with E-state index in [4.69, 9.17) is 39.5 Å². The quantitative estimate of drug-likeness (QED) is 0.404. The predicted molar refractivity (Wildman–Crippen MR) is 131 cm³/mol. The lowest BCUT2D eigenvalue weighted by Crippen LogP contribution is -2.36. The minimum Gasteiger partial charge on any atom is -0.487 e. The molecule has 1 fully saturated rings. The Labute approximate surface area is 206 Å². The smallest absolute Gasteiger partial charge is 0.243 e. The largest absolute Gasteiger partial charge is 0.487 e. The van der Waals surface area contributed by atoms with E-state index in [2.05, 4.69) is 10.9 Å². The van der Waals surface area contributed by atoms with Crippen LogP contribution in [-0.2, 0) is 16.2 Å². The molecule has 1 saturated heterocycles. The van der Waals surface area contributed by atoms with Gasteiger partial charge in [-0.3, -0.25) is 20.4 Å². The van der Waals surface area contributed by atoms with Crippen LogP contribution in [0.25, 0.3) is 0 Å². The molecule has 6 nitrogen and oxygen atoms in total. The van der Waals surface area contributed by atoms with Gasteiger partial charge in [0.1, 0.15) is 12.4 Å². The molecule has 0 aliphatic carbocycles. The van der Waals surface area contributed by atoms with Crippen molar-refractivity contribution in [3.63, 3.8) is 0 Å². The third-order valence-electron chi connectivity index (χ3n) is 5.24. The fourth-order valence-electron chi connectivity index (χ4n) is 3.46. The Kier molecular flexibility index (Phi) is 7.28. The molecule has 1 atom stereocenters. The monoisotopic (exact) mass is 503 g/mol. The summed E-state index contributed by atoms with van der Waals surface area (Å²) in [6.07, 6.45) is 0.131. The van der Waals surface area contributed by atoms with Gasteiger partial charge in [0.25, 0.3) is 0 Å². The Hall–Kier alpha value is -2.93. The number of amides is 2. The number of nitrogens with one attached hydrogen (secondary N) is 2. The average Bonchev–Trinajstić information content (AvgIpc) is 3.20. The Bertz CT molecular complexity index is 1170. The van der Waals surface area contributed by atoms with E-state index in [1.807, 2.05) is 18.2 Å². The molecule has 170 valence electrons. The summed E-state index contributed by atoms with van der Waals surface area (Å²) in [4.78, 5) is 26.5. The van der Waals surface area contributed by atoms with Crippen molar-refractivity contribution in [2.75, 3.05) is 16.9 Å². The number of benzene rings is 3. The van der Waals surface area contributed by atoms with Crippen molar-refractivity contribution in [2.45, 2.75) is 13.0 Å². The van der Waals surface area contributed by atoms with Gasteiger partial charge in [-0.25, -0.2) is 0 Å². The number of hydrogen-bond donors (Lipinski definition) is 2. The summed E-state index contributed by atoms with van der Waals surface area (Å²) in [6.45, 7) is 0.576. The molecule has 0 spiro atoms. The van der Waals surface area contributed by atoms with Gasteiger partial charge in [-0.2, -0.15) is 0 Å². The molecule has 0 unspecified atom stereocenters. The first-order chi connectivity index (χ1) is 15.9. The fraction of sp³-hybridized carbons (Fsp3) is 0.167. The van der Waals surface area contributed by atoms with Crippen molar-refractivity contribution in [2.24, 2.45) is 5.92 Å². The maximum atomic E-state index is 12.6. The molecule has 2 amide bonds. The van der Waals surface area contributed by atoms with E-state index in [0.29, 0.717) is 38.7 Å². The highest BCUT2D eigenvalue weighted by Gasteiger charge is 2.35. The molecule has 33 heavy (non-hydrogen) atoms. The first-order valence-electron chi connectivity index (χ1n) is 10.2. The highest BCUT2D eigenvalue weighted by molar-refractivity contribution is 6.32. The second kappa shape index (κ2) is 10.3. The van der Waals surface area contributed by atoms with Crippen LogP contribution in [0.15, 0.2) is 66.7 Å². The lowest BCUT2D eigenvalue weighted by Gasteiger charge is -2.17. The van der Waals surface area contributed by atoms with E-state index < -0.39 is 5.92 Å². The number of carbonyl (C=O) groups excluding carboxylic acids is 2. The van der Waals surface area contributed by atoms with Crippen molar-refractivity contribution in [1.29, 1.82) is 0 Å². The molecule has 1 aliphatic heterocycles. The molecule has 0 radical (unpaired) electrons. The van der Waals surface area contributed by atoms with Crippen LogP contribution in [0, 0.1) is 5.92 Å². The summed E-state index contributed by atoms with van der Waals surface area (Å²) >= 11 is 18.4. The van der Waals surface area contributed by atoms with Gasteiger partial charge in [-0.05, 0) is 48.5 Å². The van der Waals surface area contributed by atoms with Gasteiger partial charge in [-0.1, -0.05) is 53.0 Å². The minimum absolute atomic E-state index is 0.111. The number of hydrogen-bond acceptors (Lipinski definition) is 4. The first-order valence-corrected chi connectivity index (χ1v) is 11.3. The van der Waals surface area contributed by atoms with E-state index in [9.17, 15) is 9.59 Å². The Morgan fingerprint density at radius 2 is 1.76 bits per heavy atom. The summed E-state index contributed by atoms with van der Waals surface area (Å²) in [5.74, 6) is -0.377. The van der Waals surface area contributed by atoms with E-state index in [1.54, 1.807) is 53.4 Å². The fourth-order valence-corrected chi connectivity index (χ4v) is 4.01. The molecule has 3 aromatic carbocycles. The highest BCUT2D eigenvalue weighted by atomic mass is 35.5. The zero-order valence-corrected chi connectivity index (χ0v) is 19.6. The number of carbonyl (C=O) groups is 2. The number of nitrogens with zero attached hydrogens (tertiary/aromatic N) is 1. The predicted octanol–water partition coefficient (Wildman–Crippen LogP) is 5.72. The second-order valence-electron chi connectivity index (χ2n) is 7.52. The summed E-state index contributed by atoms with van der Waals surface area (Å²) < 4.78 is 5.76. The van der Waals surface area contributed by atoms with E-state index >= 15 is 0 Å². The third-order valence-corrected chi connectivity index (χ3v) is 6.15. The van der Waals surface area contributed by atoms with Crippen LogP contribution in [0.3, 0.4) is 0 Å². The van der Waals surface area contributed by atoms with E-state index in [1.165, 1.54) is 0 Å². The summed E-state index contributed by atoms with van der Waals surface area (Å²) in [5.41, 5.74) is 7.64. The molecular formula is C24H20Cl3N3O3. The van der Waals surface area contributed by atoms with Gasteiger partial charge in [0.15, 0.2) is 0 Å². The number of halogens is 3. The van der Waals surface area contributed by atoms with Gasteiger partial charge in [-0.15, -0.1) is 0 Å². The van der Waals surface area contributed by atoms with Crippen LogP contribution in [0.2, 0.25) is 15.1 Å². The van der Waals surface area contributed by atoms with Crippen LogP contribution >= 0.6 is 34.8 Å². The van der Waals surface area contributed by atoms with Crippen molar-refractivity contribution in [1.82, 2.24) is 5.43 Å². The van der Waals surface area contributed by atoms with Crippen molar-refractivity contribution >= 4 is 58.0 Å². The van der Waals surface area contributed by atoms with Crippen LogP contribution in [0.1, 0.15) is 12.0 Å². The van der Waals surface area contributed by atoms with Crippen molar-refractivity contribution < 1.29 is 14.3 Å². The summed E-state index contributed by atoms with van der Waals surface area (Å²) in [7, 11) is 0. The molecule has 1 heterocycles. The lowest BCUT2D eigenvalue weighted by atomic mass is 10.1. The minimum atomic E-state index is -0.477. The van der Waals surface area contributed by atoms with Crippen LogP contribution < -0.4 is 20.5 Å². The van der Waals surface area contributed by atoms with Crippen molar-refractivity contribution in [3.8, 4) is 5.75 Å². The van der Waals surface area contributed by atoms with Crippen molar-refractivity contribution in [3.05, 3.63) is 87.4 Å². The Morgan fingerprint density at radius 3 is 2.48 bits per heavy atom. The molecule has 9 heteroatoms. The van der Waals surface area contributed by atoms with Gasteiger partial charge in [0, 0.05) is 34.3 Å². The molecule has 2 N–H and O–H groups in total. The number of rotatable bonds is 7. The van der Waals surface area contributed by atoms with Gasteiger partial charge in [0.2, 0.25) is 11.8 Å². The molecule has 0 aromatic heterocycles. The number of ether oxygens (including phenoxy) is 1. The van der Waals surface area contributed by atoms with Crippen LogP contribution in [0.5, 0.6) is 5.75 Å². The third kappa shape index (κ3) is 5.71. The summed E-state index contributed by atoms with van der Waals surface area (Å²) in [6, 6.07) is 19.4. The molecule has 0 saturated carbocycles. The number of hydrazine groups is 1. The average molecular weight is 505 g/mol. The van der Waals surface area contributed by atoms with Gasteiger partial charge in [0.05, 0.1) is 16.6 Å². The molecule has 1 aliphatic rings. The maximum absolute atomic E-state index is 12.6. The molecular weight excluding hydrogens is 485 g/mol. The molecule has 4 rings (SSSR count). The Balaban J connectivity index is 1.31. The van der Waals surface area contributed by atoms with Crippen LogP contribution in [0.4, 0.5) is 11.4 Å². The highest BCUT2D eigenvalue weighted by Crippen LogP contribution is 2.29. The normalized spacial score (nSPS) is 15.4. The molecule has 0 bridgehead atoms. The van der Waals surface area contributed by atoms with Crippen LogP contribution in [-0.4, -0.2) is 18.4 Å². The zero-order valence-electron chi connectivity index (χ0n) is 17.4. The standard InChI is InChI=1S/C24H20Cl3N3O3/c25-17-5-8-19(9-6-17)30-13-16(11-23(30)31)24(32)29-28-18-7-10-22(21(27)12-18)33-14-15-3-1-2-4-20(15)26/h1-10,12,16,28H,11,13-14H2,(H,29,32)/t16-/m0/s1. The Morgan fingerprint density at radius 1 is 1.00 bits per heavy atom. The lowest BCUT2D eigenvalue weighted by molar-refractivity contribution is -0.125. The second-order valence-corrected chi connectivity index (χ2v) is 8.77. The molecule has 3 aromatic rings. The van der Waals surface area contributed by atoms with Gasteiger partial charge < -0.3 is 9.64 Å². The first kappa shape index (κ1) is 23.2. The SMILES string of the molecule is O=C(NNc1ccc(OCc2ccccc2Cl)c(Cl)c1)[C@H]1CC(=O)N(c2ccc(Cl)cc2)C1. The topological polar surface area (TPSA) is 70.7 Å². The van der Waals surface area contributed by atoms with E-state index in [0.717, 1.165) is 5.56 Å². The zero-order chi connectivity index (χ0) is 23.4. The maximum Gasteiger partial charge on any atom is 0.243 e. The number of anilines is 2. The summed E-state index contributed by atoms with van der Waals surface area (Å²) in [5, 5.41) is 1.59. The van der Waals surface area contributed by atoms with E-state index in [-0.39, 0.29) is 24.8 Å². The van der Waals surface area contributed by atoms with Gasteiger partial charge >= 0.3 is 0 Å².